The predicted molar refractivity (Wildman–Crippen MR) is 76.1 cm³/mol. The Morgan fingerprint density at radius 1 is 1.47 bits per heavy atom. The maximum absolute atomic E-state index is 5.80. The van der Waals surface area contributed by atoms with Gasteiger partial charge in [0.25, 0.3) is 0 Å². The fourth-order valence-electron chi connectivity index (χ4n) is 2.49. The Morgan fingerprint density at radius 2 is 2.32 bits per heavy atom. The average Bonchev–Trinajstić information content (AvgIpc) is 3.01. The first-order chi connectivity index (χ1) is 9.20. The molecule has 2 heterocycles. The lowest BCUT2D eigenvalue weighted by Crippen LogP contribution is -2.31. The van der Waals surface area contributed by atoms with Crippen molar-refractivity contribution < 1.29 is 9.15 Å². The molecule has 1 fully saturated rings. The zero-order chi connectivity index (χ0) is 13.7. The molecule has 4 heteroatoms. The van der Waals surface area contributed by atoms with Crippen LogP contribution >= 0.6 is 0 Å². The van der Waals surface area contributed by atoms with Gasteiger partial charge in [-0.2, -0.15) is 0 Å². The van der Waals surface area contributed by atoms with Gasteiger partial charge in [0.15, 0.2) is 0 Å². The maximum Gasteiger partial charge on any atom is 0.118 e. The molecule has 1 aromatic rings. The first kappa shape index (κ1) is 14.6. The molecule has 1 aliphatic rings. The van der Waals surface area contributed by atoms with Gasteiger partial charge in [-0.1, -0.05) is 6.92 Å². The summed E-state index contributed by atoms with van der Waals surface area (Å²) in [6, 6.07) is 2.74. The van der Waals surface area contributed by atoms with Gasteiger partial charge >= 0.3 is 0 Å². The Hall–Kier alpha value is -0.840. The number of nitrogens with zero attached hydrogens (tertiary/aromatic N) is 1. The third kappa shape index (κ3) is 4.06. The summed E-state index contributed by atoms with van der Waals surface area (Å²) in [7, 11) is 2.17. The highest BCUT2D eigenvalue weighted by Gasteiger charge is 2.21. The smallest absolute Gasteiger partial charge is 0.118 e. The van der Waals surface area contributed by atoms with Crippen molar-refractivity contribution in [1.82, 2.24) is 10.2 Å². The van der Waals surface area contributed by atoms with Crippen molar-refractivity contribution in [3.63, 3.8) is 0 Å². The van der Waals surface area contributed by atoms with Crippen LogP contribution in [-0.2, 0) is 17.8 Å². The van der Waals surface area contributed by atoms with Gasteiger partial charge in [-0.05, 0) is 39.4 Å². The van der Waals surface area contributed by atoms with E-state index in [0.717, 1.165) is 57.2 Å². The zero-order valence-electron chi connectivity index (χ0n) is 12.4. The minimum absolute atomic E-state index is 0.552. The second-order valence-corrected chi connectivity index (χ2v) is 5.40. The molecule has 1 atom stereocenters. The monoisotopic (exact) mass is 266 g/mol. The molecule has 0 aromatic carbocycles. The number of furan rings is 1. The van der Waals surface area contributed by atoms with Crippen LogP contribution in [0.25, 0.3) is 0 Å². The third-order valence-corrected chi connectivity index (χ3v) is 3.75. The van der Waals surface area contributed by atoms with Crippen molar-refractivity contribution in [3.05, 3.63) is 23.2 Å². The van der Waals surface area contributed by atoms with Crippen molar-refractivity contribution in [1.29, 1.82) is 0 Å². The van der Waals surface area contributed by atoms with Crippen LogP contribution < -0.4 is 5.32 Å². The van der Waals surface area contributed by atoms with E-state index in [0.29, 0.717) is 6.04 Å². The van der Waals surface area contributed by atoms with Crippen LogP contribution in [-0.4, -0.2) is 37.7 Å². The SMILES string of the molecule is CCCNCc1cc(CN(C)C2CCOC2)c(C)o1. The molecule has 4 nitrogen and oxygen atoms in total. The largest absolute Gasteiger partial charge is 0.465 e. The van der Waals surface area contributed by atoms with Crippen LogP contribution in [0.3, 0.4) is 0 Å². The van der Waals surface area contributed by atoms with E-state index in [1.807, 2.05) is 0 Å². The van der Waals surface area contributed by atoms with Crippen molar-refractivity contribution in [2.24, 2.45) is 0 Å². The molecule has 108 valence electrons. The molecule has 0 spiro atoms. The van der Waals surface area contributed by atoms with Gasteiger partial charge in [0.05, 0.1) is 13.2 Å². The van der Waals surface area contributed by atoms with Gasteiger partial charge in [-0.3, -0.25) is 4.90 Å². The standard InChI is InChI=1S/C15H26N2O2/c1-4-6-16-9-15-8-13(12(2)19-15)10-17(3)14-5-7-18-11-14/h8,14,16H,4-7,9-11H2,1-3H3. The summed E-state index contributed by atoms with van der Waals surface area (Å²) in [6.07, 6.45) is 2.29. The molecule has 0 saturated carbocycles. The van der Waals surface area contributed by atoms with Gasteiger partial charge in [0.1, 0.15) is 11.5 Å². The molecule has 1 saturated heterocycles. The van der Waals surface area contributed by atoms with Crippen molar-refractivity contribution in [2.75, 3.05) is 26.8 Å². The Balaban J connectivity index is 1.88. The highest BCUT2D eigenvalue weighted by Crippen LogP contribution is 2.19. The molecule has 2 rings (SSSR count). The third-order valence-electron chi connectivity index (χ3n) is 3.75. The highest BCUT2D eigenvalue weighted by atomic mass is 16.5. The molecular weight excluding hydrogens is 240 g/mol. The number of hydrogen-bond donors (Lipinski definition) is 1. The van der Waals surface area contributed by atoms with E-state index < -0.39 is 0 Å². The lowest BCUT2D eigenvalue weighted by molar-refractivity contribution is 0.156. The summed E-state index contributed by atoms with van der Waals surface area (Å²) in [5.74, 6) is 2.08. The number of rotatable bonds is 7. The van der Waals surface area contributed by atoms with Crippen molar-refractivity contribution >= 4 is 0 Å². The molecule has 19 heavy (non-hydrogen) atoms. The van der Waals surface area contributed by atoms with Crippen LogP contribution in [0, 0.1) is 6.92 Å². The van der Waals surface area contributed by atoms with E-state index in [9.17, 15) is 0 Å². The fraction of sp³-hybridized carbons (Fsp3) is 0.733. The summed E-state index contributed by atoms with van der Waals surface area (Å²) in [6.45, 7) is 8.78. The number of likely N-dealkylation sites (N-methyl/N-ethyl adjacent to an activating group) is 1. The van der Waals surface area contributed by atoms with E-state index in [-0.39, 0.29) is 0 Å². The molecule has 0 radical (unpaired) electrons. The van der Waals surface area contributed by atoms with E-state index in [1.165, 1.54) is 5.56 Å². The second kappa shape index (κ2) is 7.08. The minimum Gasteiger partial charge on any atom is -0.465 e. The molecule has 1 aliphatic heterocycles. The van der Waals surface area contributed by atoms with E-state index in [4.69, 9.17) is 9.15 Å². The average molecular weight is 266 g/mol. The summed E-state index contributed by atoms with van der Waals surface area (Å²) in [5.41, 5.74) is 1.29. The molecule has 1 unspecified atom stereocenters. The second-order valence-electron chi connectivity index (χ2n) is 5.40. The van der Waals surface area contributed by atoms with E-state index in [2.05, 4.69) is 37.2 Å². The number of aryl methyl sites for hydroxylation is 1. The van der Waals surface area contributed by atoms with Crippen LogP contribution in [0.15, 0.2) is 10.5 Å². The quantitative estimate of drug-likeness (QED) is 0.769. The molecule has 0 amide bonds. The predicted octanol–water partition coefficient (Wildman–Crippen LogP) is 2.31. The summed E-state index contributed by atoms with van der Waals surface area (Å²) < 4.78 is 11.2. The number of nitrogens with one attached hydrogen (secondary N) is 1. The Morgan fingerprint density at radius 3 is 3.00 bits per heavy atom. The molecular formula is C15H26N2O2. The first-order valence-corrected chi connectivity index (χ1v) is 7.27. The summed E-state index contributed by atoms with van der Waals surface area (Å²) in [4.78, 5) is 2.37. The highest BCUT2D eigenvalue weighted by molar-refractivity contribution is 5.20. The van der Waals surface area contributed by atoms with Crippen LogP contribution in [0.2, 0.25) is 0 Å². The Labute approximate surface area is 116 Å². The van der Waals surface area contributed by atoms with Crippen molar-refractivity contribution in [2.45, 2.75) is 45.8 Å². The first-order valence-electron chi connectivity index (χ1n) is 7.27. The molecule has 0 bridgehead atoms. The molecule has 1 N–H and O–H groups in total. The molecule has 1 aromatic heterocycles. The molecule has 0 aliphatic carbocycles. The van der Waals surface area contributed by atoms with Gasteiger partial charge in [-0.15, -0.1) is 0 Å². The Kier molecular flexibility index (Phi) is 5.43. The summed E-state index contributed by atoms with van der Waals surface area (Å²) >= 11 is 0. The fourth-order valence-corrected chi connectivity index (χ4v) is 2.49. The van der Waals surface area contributed by atoms with Gasteiger partial charge in [0, 0.05) is 24.8 Å². The lowest BCUT2D eigenvalue weighted by atomic mass is 10.2. The van der Waals surface area contributed by atoms with Gasteiger partial charge in [-0.25, -0.2) is 0 Å². The lowest BCUT2D eigenvalue weighted by Gasteiger charge is -2.22. The van der Waals surface area contributed by atoms with Crippen LogP contribution in [0.4, 0.5) is 0 Å². The van der Waals surface area contributed by atoms with Crippen LogP contribution in [0.1, 0.15) is 36.8 Å². The minimum atomic E-state index is 0.552. The van der Waals surface area contributed by atoms with Gasteiger partial charge in [0.2, 0.25) is 0 Å². The van der Waals surface area contributed by atoms with Crippen LogP contribution in [0.5, 0.6) is 0 Å². The topological polar surface area (TPSA) is 37.6 Å². The van der Waals surface area contributed by atoms with E-state index in [1.54, 1.807) is 0 Å². The maximum atomic E-state index is 5.80. The van der Waals surface area contributed by atoms with Gasteiger partial charge < -0.3 is 14.5 Å². The van der Waals surface area contributed by atoms with E-state index >= 15 is 0 Å². The normalized spacial score (nSPS) is 19.5. The van der Waals surface area contributed by atoms with Crippen molar-refractivity contribution in [3.8, 4) is 0 Å². The Bertz CT molecular complexity index is 383. The summed E-state index contributed by atoms with van der Waals surface area (Å²) in [5, 5.41) is 3.37. The number of hydrogen-bond acceptors (Lipinski definition) is 4. The zero-order valence-corrected chi connectivity index (χ0v) is 12.4. The number of ether oxygens (including phenoxy) is 1.